The number of Topliss-reactive ketones (excluding diaryl/α,β-unsaturated/α-hetero) is 1. The molecule has 0 aliphatic rings. The quantitative estimate of drug-likeness (QED) is 0.830. The Labute approximate surface area is 127 Å². The van der Waals surface area contributed by atoms with E-state index in [1.165, 1.54) is 0 Å². The molecule has 0 radical (unpaired) electrons. The molecule has 0 saturated heterocycles. The lowest BCUT2D eigenvalue weighted by Gasteiger charge is -2.00. The molecule has 0 amide bonds. The van der Waals surface area contributed by atoms with Crippen LogP contribution in [0.4, 0.5) is 0 Å². The number of aromatic nitrogens is 2. The summed E-state index contributed by atoms with van der Waals surface area (Å²) in [4.78, 5) is 15.9. The Morgan fingerprint density at radius 1 is 1.25 bits per heavy atom. The van der Waals surface area contributed by atoms with E-state index in [0.29, 0.717) is 39.7 Å². The van der Waals surface area contributed by atoms with Crippen molar-refractivity contribution in [1.29, 1.82) is 0 Å². The number of halogens is 2. The summed E-state index contributed by atoms with van der Waals surface area (Å²) in [5, 5.41) is 4.84. The normalized spacial score (nSPS) is 11.1. The van der Waals surface area contributed by atoms with E-state index in [4.69, 9.17) is 27.7 Å². The predicted octanol–water partition coefficient (Wildman–Crippen LogP) is 4.20. The summed E-state index contributed by atoms with van der Waals surface area (Å²) in [6.45, 7) is 3.98. The van der Waals surface area contributed by atoms with E-state index >= 15 is 0 Å². The number of hydrogen-bond acceptors (Lipinski definition) is 4. The fourth-order valence-corrected chi connectivity index (χ4v) is 2.35. The standard InChI is InChI=1S/C14H14Cl2N2O2/c1-8(2)3-12(19)7-13-17-14(18-20-13)9-4-10(15)6-11(16)5-9/h4-6,8H,3,7H2,1-2H3. The minimum atomic E-state index is 0.0827. The highest BCUT2D eigenvalue weighted by Crippen LogP contribution is 2.25. The number of rotatable bonds is 5. The maximum atomic E-state index is 11.7. The van der Waals surface area contributed by atoms with Crippen molar-refractivity contribution in [1.82, 2.24) is 10.1 Å². The molecular formula is C14H14Cl2N2O2. The van der Waals surface area contributed by atoms with Gasteiger partial charge in [-0.25, -0.2) is 0 Å². The fourth-order valence-electron chi connectivity index (χ4n) is 1.82. The summed E-state index contributed by atoms with van der Waals surface area (Å²) < 4.78 is 5.08. The van der Waals surface area contributed by atoms with E-state index in [0.717, 1.165) is 0 Å². The van der Waals surface area contributed by atoms with Crippen LogP contribution in [0.1, 0.15) is 26.2 Å². The van der Waals surface area contributed by atoms with Gasteiger partial charge in [0, 0.05) is 22.0 Å². The van der Waals surface area contributed by atoms with E-state index in [-0.39, 0.29) is 12.2 Å². The van der Waals surface area contributed by atoms with Gasteiger partial charge >= 0.3 is 0 Å². The topological polar surface area (TPSA) is 56.0 Å². The molecule has 0 bridgehead atoms. The van der Waals surface area contributed by atoms with Gasteiger partial charge in [0.15, 0.2) is 0 Å². The highest BCUT2D eigenvalue weighted by atomic mass is 35.5. The minimum Gasteiger partial charge on any atom is -0.339 e. The maximum absolute atomic E-state index is 11.7. The highest BCUT2D eigenvalue weighted by molar-refractivity contribution is 6.35. The summed E-state index contributed by atoms with van der Waals surface area (Å²) in [5.41, 5.74) is 0.661. The van der Waals surface area contributed by atoms with Crippen molar-refractivity contribution >= 4 is 29.0 Å². The zero-order valence-electron chi connectivity index (χ0n) is 11.2. The molecule has 0 saturated carbocycles. The molecule has 0 aliphatic carbocycles. The number of benzene rings is 1. The molecule has 0 spiro atoms. The predicted molar refractivity (Wildman–Crippen MR) is 77.9 cm³/mol. The van der Waals surface area contributed by atoms with E-state index in [1.807, 2.05) is 13.8 Å². The molecule has 4 nitrogen and oxygen atoms in total. The average molecular weight is 313 g/mol. The average Bonchev–Trinajstić information content (AvgIpc) is 2.74. The van der Waals surface area contributed by atoms with Crippen LogP contribution in [0, 0.1) is 5.92 Å². The Morgan fingerprint density at radius 3 is 2.50 bits per heavy atom. The largest absolute Gasteiger partial charge is 0.339 e. The van der Waals surface area contributed by atoms with Gasteiger partial charge in [-0.1, -0.05) is 42.2 Å². The molecule has 0 N–H and O–H groups in total. The first kappa shape index (κ1) is 15.0. The molecule has 0 atom stereocenters. The molecule has 20 heavy (non-hydrogen) atoms. The van der Waals surface area contributed by atoms with Gasteiger partial charge in [-0.05, 0) is 24.1 Å². The number of carbonyl (C=O) groups is 1. The minimum absolute atomic E-state index is 0.0827. The third-order valence-electron chi connectivity index (χ3n) is 2.57. The lowest BCUT2D eigenvalue weighted by molar-refractivity contribution is -0.119. The second-order valence-electron chi connectivity index (χ2n) is 4.98. The Bertz CT molecular complexity index is 603. The van der Waals surface area contributed by atoms with E-state index < -0.39 is 0 Å². The van der Waals surface area contributed by atoms with E-state index in [2.05, 4.69) is 10.1 Å². The monoisotopic (exact) mass is 312 g/mol. The van der Waals surface area contributed by atoms with Crippen LogP contribution in [0.5, 0.6) is 0 Å². The van der Waals surface area contributed by atoms with Gasteiger partial charge in [0.05, 0.1) is 6.42 Å². The summed E-state index contributed by atoms with van der Waals surface area (Å²) in [5.74, 6) is 1.08. The van der Waals surface area contributed by atoms with E-state index in [9.17, 15) is 4.79 Å². The molecule has 0 fully saturated rings. The third kappa shape index (κ3) is 4.05. The molecule has 1 aromatic carbocycles. The van der Waals surface area contributed by atoms with Gasteiger partial charge < -0.3 is 4.52 Å². The molecule has 6 heteroatoms. The van der Waals surface area contributed by atoms with Crippen LogP contribution in [0.25, 0.3) is 11.4 Å². The lowest BCUT2D eigenvalue weighted by atomic mass is 10.1. The van der Waals surface area contributed by atoms with Crippen LogP contribution >= 0.6 is 23.2 Å². The van der Waals surface area contributed by atoms with Crippen LogP contribution in [0.15, 0.2) is 22.7 Å². The number of ketones is 1. The summed E-state index contributed by atoms with van der Waals surface area (Å²) in [7, 11) is 0. The van der Waals surface area contributed by atoms with Gasteiger partial charge in [-0.3, -0.25) is 4.79 Å². The van der Waals surface area contributed by atoms with Crippen molar-refractivity contribution in [2.75, 3.05) is 0 Å². The van der Waals surface area contributed by atoms with Crippen LogP contribution < -0.4 is 0 Å². The van der Waals surface area contributed by atoms with Gasteiger partial charge in [0.1, 0.15) is 5.78 Å². The van der Waals surface area contributed by atoms with Crippen molar-refractivity contribution in [3.63, 3.8) is 0 Å². The van der Waals surface area contributed by atoms with Crippen LogP contribution in [-0.2, 0) is 11.2 Å². The summed E-state index contributed by atoms with van der Waals surface area (Å²) >= 11 is 11.8. The van der Waals surface area contributed by atoms with Gasteiger partial charge in [-0.2, -0.15) is 4.98 Å². The van der Waals surface area contributed by atoms with Crippen LogP contribution in [-0.4, -0.2) is 15.9 Å². The van der Waals surface area contributed by atoms with Gasteiger partial charge in [-0.15, -0.1) is 0 Å². The second-order valence-corrected chi connectivity index (χ2v) is 5.86. The molecular weight excluding hydrogens is 299 g/mol. The molecule has 1 aromatic heterocycles. The number of carbonyl (C=O) groups excluding carboxylic acids is 1. The van der Waals surface area contributed by atoms with Crippen molar-refractivity contribution in [3.8, 4) is 11.4 Å². The number of hydrogen-bond donors (Lipinski definition) is 0. The van der Waals surface area contributed by atoms with Crippen molar-refractivity contribution < 1.29 is 9.32 Å². The molecule has 106 valence electrons. The summed E-state index contributed by atoms with van der Waals surface area (Å²) in [6.07, 6.45) is 0.653. The Morgan fingerprint density at radius 2 is 1.90 bits per heavy atom. The van der Waals surface area contributed by atoms with Crippen molar-refractivity contribution in [2.45, 2.75) is 26.7 Å². The first-order valence-corrected chi connectivity index (χ1v) is 7.00. The van der Waals surface area contributed by atoms with Crippen LogP contribution in [0.3, 0.4) is 0 Å². The second kappa shape index (κ2) is 6.37. The third-order valence-corrected chi connectivity index (χ3v) is 3.01. The molecule has 2 aromatic rings. The molecule has 2 rings (SSSR count). The number of nitrogens with zero attached hydrogens (tertiary/aromatic N) is 2. The maximum Gasteiger partial charge on any atom is 0.234 e. The Kier molecular flexibility index (Phi) is 4.78. The van der Waals surface area contributed by atoms with Crippen molar-refractivity contribution in [3.05, 3.63) is 34.1 Å². The Hall–Kier alpha value is -1.39. The fraction of sp³-hybridized carbons (Fsp3) is 0.357. The smallest absolute Gasteiger partial charge is 0.234 e. The van der Waals surface area contributed by atoms with Crippen LogP contribution in [0.2, 0.25) is 10.0 Å². The zero-order chi connectivity index (χ0) is 14.7. The Balaban J connectivity index is 2.14. The SMILES string of the molecule is CC(C)CC(=O)Cc1nc(-c2cc(Cl)cc(Cl)c2)no1. The van der Waals surface area contributed by atoms with Gasteiger partial charge in [0.2, 0.25) is 11.7 Å². The molecule has 1 heterocycles. The summed E-state index contributed by atoms with van der Waals surface area (Å²) in [6, 6.07) is 5.01. The van der Waals surface area contributed by atoms with Crippen molar-refractivity contribution in [2.24, 2.45) is 5.92 Å². The highest BCUT2D eigenvalue weighted by Gasteiger charge is 2.14. The molecule has 0 unspecified atom stereocenters. The first-order valence-electron chi connectivity index (χ1n) is 6.25. The molecule has 0 aliphatic heterocycles. The van der Waals surface area contributed by atoms with E-state index in [1.54, 1.807) is 18.2 Å². The van der Waals surface area contributed by atoms with Gasteiger partial charge in [0.25, 0.3) is 0 Å². The zero-order valence-corrected chi connectivity index (χ0v) is 12.7. The lowest BCUT2D eigenvalue weighted by Crippen LogP contribution is -2.06. The first-order chi connectivity index (χ1) is 9.44.